The molecule has 0 aromatic heterocycles. The first-order valence-electron chi connectivity index (χ1n) is 6.44. The van der Waals surface area contributed by atoms with Crippen LogP contribution in [0.5, 0.6) is 0 Å². The van der Waals surface area contributed by atoms with Crippen molar-refractivity contribution >= 4 is 11.4 Å². The number of anilines is 2. The molecule has 1 aromatic carbocycles. The maximum atomic E-state index is 12.3. The lowest BCUT2D eigenvalue weighted by molar-refractivity contribution is -0.208. The molecule has 1 heterocycles. The number of halogens is 3. The maximum Gasteiger partial charge on any atom is 0.415 e. The molecule has 1 unspecified atom stereocenters. The Morgan fingerprint density at radius 1 is 1.10 bits per heavy atom. The monoisotopic (exact) mass is 289 g/mol. The van der Waals surface area contributed by atoms with Gasteiger partial charge in [0.1, 0.15) is 0 Å². The molecule has 2 rings (SSSR count). The zero-order valence-electron chi connectivity index (χ0n) is 11.0. The fourth-order valence-electron chi connectivity index (χ4n) is 2.22. The lowest BCUT2D eigenvalue weighted by atomic mass is 10.2. The molecule has 0 bridgehead atoms. The summed E-state index contributed by atoms with van der Waals surface area (Å²) in [5.41, 5.74) is 7.30. The van der Waals surface area contributed by atoms with Crippen molar-refractivity contribution in [1.82, 2.24) is 4.90 Å². The summed E-state index contributed by atoms with van der Waals surface area (Å²) >= 11 is 0. The fourth-order valence-corrected chi connectivity index (χ4v) is 2.22. The van der Waals surface area contributed by atoms with Gasteiger partial charge in [0.05, 0.1) is 0 Å². The zero-order valence-corrected chi connectivity index (χ0v) is 11.0. The highest BCUT2D eigenvalue weighted by Gasteiger charge is 2.39. The molecule has 0 radical (unpaired) electrons. The minimum Gasteiger partial charge on any atom is -0.399 e. The largest absolute Gasteiger partial charge is 0.415 e. The van der Waals surface area contributed by atoms with Gasteiger partial charge < -0.3 is 15.7 Å². The second-order valence-electron chi connectivity index (χ2n) is 4.94. The number of aliphatic hydroxyl groups excluding tert-OH is 1. The number of aliphatic hydroxyl groups is 1. The number of hydrogen-bond donors (Lipinski definition) is 2. The van der Waals surface area contributed by atoms with Crippen molar-refractivity contribution in [2.24, 2.45) is 0 Å². The second kappa shape index (κ2) is 5.88. The van der Waals surface area contributed by atoms with Crippen molar-refractivity contribution in [2.75, 3.05) is 43.4 Å². The van der Waals surface area contributed by atoms with Crippen molar-refractivity contribution in [3.63, 3.8) is 0 Å². The fraction of sp³-hybridized carbons (Fsp3) is 0.538. The molecule has 0 aliphatic carbocycles. The predicted molar refractivity (Wildman–Crippen MR) is 71.6 cm³/mol. The van der Waals surface area contributed by atoms with Gasteiger partial charge in [0.25, 0.3) is 0 Å². The summed E-state index contributed by atoms with van der Waals surface area (Å²) in [6, 6.07) is 7.40. The molecule has 1 saturated heterocycles. The molecule has 0 saturated carbocycles. The third kappa shape index (κ3) is 3.77. The van der Waals surface area contributed by atoms with Crippen molar-refractivity contribution < 1.29 is 18.3 Å². The highest BCUT2D eigenvalue weighted by atomic mass is 19.4. The van der Waals surface area contributed by atoms with Crippen molar-refractivity contribution in [1.29, 1.82) is 0 Å². The number of hydrogen-bond acceptors (Lipinski definition) is 4. The molecule has 1 atom stereocenters. The number of β-amino-alcohol motifs (C(OH)–C–C–N with tert-alkyl or cyclic N) is 1. The molecule has 0 spiro atoms. The number of piperazine rings is 1. The Bertz CT molecular complexity index is 427. The normalized spacial score (nSPS) is 19.1. The quantitative estimate of drug-likeness (QED) is 0.824. The molecule has 3 N–H and O–H groups in total. The van der Waals surface area contributed by atoms with Crippen LogP contribution in [-0.4, -0.2) is 55.0 Å². The second-order valence-corrected chi connectivity index (χ2v) is 4.94. The van der Waals surface area contributed by atoms with E-state index in [0.29, 0.717) is 31.9 Å². The third-order valence-electron chi connectivity index (χ3n) is 3.44. The molecule has 1 aliphatic heterocycles. The first-order valence-corrected chi connectivity index (χ1v) is 6.44. The van der Waals surface area contributed by atoms with Crippen molar-refractivity contribution in [3.05, 3.63) is 24.3 Å². The summed E-state index contributed by atoms with van der Waals surface area (Å²) in [5, 5.41) is 9.06. The van der Waals surface area contributed by atoms with Crippen molar-refractivity contribution in [2.45, 2.75) is 12.3 Å². The highest BCUT2D eigenvalue weighted by Crippen LogP contribution is 2.22. The van der Waals surface area contributed by atoms with E-state index in [1.807, 2.05) is 12.1 Å². The van der Waals surface area contributed by atoms with Gasteiger partial charge in [-0.2, -0.15) is 13.2 Å². The minimum atomic E-state index is -4.55. The van der Waals surface area contributed by atoms with Crippen LogP contribution in [0.4, 0.5) is 24.5 Å². The van der Waals surface area contributed by atoms with E-state index < -0.39 is 12.3 Å². The van der Waals surface area contributed by atoms with Crippen LogP contribution in [0, 0.1) is 0 Å². The van der Waals surface area contributed by atoms with E-state index >= 15 is 0 Å². The molecule has 112 valence electrons. The zero-order chi connectivity index (χ0) is 14.8. The molecule has 1 aliphatic rings. The van der Waals surface area contributed by atoms with Crippen LogP contribution >= 0.6 is 0 Å². The van der Waals surface area contributed by atoms with Gasteiger partial charge in [0.2, 0.25) is 0 Å². The molecule has 0 amide bonds. The number of nitrogens with two attached hydrogens (primary N) is 1. The minimum absolute atomic E-state index is 0.362. The van der Waals surface area contributed by atoms with Gasteiger partial charge >= 0.3 is 6.18 Å². The standard InChI is InChI=1S/C13H18F3N3O/c14-13(15,16)12(20)9-18-5-7-19(8-6-18)11-3-1-10(17)2-4-11/h1-4,12,20H,5-9,17H2. The Morgan fingerprint density at radius 3 is 2.15 bits per heavy atom. The van der Waals surface area contributed by atoms with E-state index in [2.05, 4.69) is 4.90 Å². The van der Waals surface area contributed by atoms with Crippen molar-refractivity contribution in [3.8, 4) is 0 Å². The molecule has 20 heavy (non-hydrogen) atoms. The Hall–Kier alpha value is -1.47. The molecular formula is C13H18F3N3O. The van der Waals surface area contributed by atoms with Crippen LogP contribution in [0.15, 0.2) is 24.3 Å². The van der Waals surface area contributed by atoms with Crippen LogP contribution in [0.2, 0.25) is 0 Å². The van der Waals surface area contributed by atoms with Gasteiger partial charge in [-0.3, -0.25) is 4.90 Å². The first-order chi connectivity index (χ1) is 9.36. The summed E-state index contributed by atoms with van der Waals surface area (Å²) in [5.74, 6) is 0. The van der Waals surface area contributed by atoms with E-state index in [1.54, 1.807) is 17.0 Å². The van der Waals surface area contributed by atoms with Gasteiger partial charge in [-0.15, -0.1) is 0 Å². The summed E-state index contributed by atoms with van der Waals surface area (Å²) in [6.07, 6.45) is -6.82. The Kier molecular flexibility index (Phi) is 4.39. The van der Waals surface area contributed by atoms with Crippen LogP contribution in [-0.2, 0) is 0 Å². The number of benzene rings is 1. The summed E-state index contributed by atoms with van der Waals surface area (Å²) in [4.78, 5) is 3.72. The predicted octanol–water partition coefficient (Wildman–Crippen LogP) is 1.31. The van der Waals surface area contributed by atoms with E-state index in [9.17, 15) is 13.2 Å². The average Bonchev–Trinajstić information content (AvgIpc) is 2.39. The van der Waals surface area contributed by atoms with E-state index in [0.717, 1.165) is 5.69 Å². The van der Waals surface area contributed by atoms with Crippen LogP contribution in [0.3, 0.4) is 0 Å². The molecule has 1 fully saturated rings. The Labute approximate surface area is 115 Å². The Morgan fingerprint density at radius 2 is 1.65 bits per heavy atom. The van der Waals surface area contributed by atoms with Crippen LogP contribution in [0.1, 0.15) is 0 Å². The van der Waals surface area contributed by atoms with Gasteiger partial charge in [0, 0.05) is 44.1 Å². The summed E-state index contributed by atoms with van der Waals surface area (Å²) in [7, 11) is 0. The van der Waals surface area contributed by atoms with E-state index in [-0.39, 0.29) is 6.54 Å². The number of rotatable bonds is 3. The Balaban J connectivity index is 1.85. The van der Waals surface area contributed by atoms with E-state index in [1.165, 1.54) is 0 Å². The lowest BCUT2D eigenvalue weighted by Crippen LogP contribution is -2.50. The SMILES string of the molecule is Nc1ccc(N2CCN(CC(O)C(F)(F)F)CC2)cc1. The molecule has 1 aromatic rings. The van der Waals surface area contributed by atoms with Gasteiger partial charge in [0.15, 0.2) is 6.10 Å². The summed E-state index contributed by atoms with van der Waals surface area (Å²) < 4.78 is 36.9. The van der Waals surface area contributed by atoms with Crippen LogP contribution in [0.25, 0.3) is 0 Å². The highest BCUT2D eigenvalue weighted by molar-refractivity contribution is 5.53. The first kappa shape index (κ1) is 14.9. The average molecular weight is 289 g/mol. The molecular weight excluding hydrogens is 271 g/mol. The topological polar surface area (TPSA) is 52.7 Å². The summed E-state index contributed by atoms with van der Waals surface area (Å²) in [6.45, 7) is 1.90. The molecule has 7 heteroatoms. The third-order valence-corrected chi connectivity index (χ3v) is 3.44. The lowest BCUT2D eigenvalue weighted by Gasteiger charge is -2.37. The number of nitrogen functional groups attached to an aromatic ring is 1. The number of nitrogens with zero attached hydrogens (tertiary/aromatic N) is 2. The maximum absolute atomic E-state index is 12.3. The van der Waals surface area contributed by atoms with Gasteiger partial charge in [-0.25, -0.2) is 0 Å². The smallest absolute Gasteiger partial charge is 0.399 e. The molecule has 4 nitrogen and oxygen atoms in total. The van der Waals surface area contributed by atoms with Gasteiger partial charge in [-0.1, -0.05) is 0 Å². The van der Waals surface area contributed by atoms with E-state index in [4.69, 9.17) is 10.8 Å². The van der Waals surface area contributed by atoms with Crippen LogP contribution < -0.4 is 10.6 Å². The van der Waals surface area contributed by atoms with Gasteiger partial charge in [-0.05, 0) is 24.3 Å². The number of alkyl halides is 3.